The lowest BCUT2D eigenvalue weighted by Gasteiger charge is -2.22. The minimum absolute atomic E-state index is 0.00514. The molecule has 110 valence electrons. The number of thiophene rings is 1. The molecule has 0 N–H and O–H groups in total. The minimum Gasteiger partial charge on any atom is -0.467 e. The number of thioether (sulfide) groups is 1. The highest BCUT2D eigenvalue weighted by Gasteiger charge is 2.34. The third-order valence-corrected chi connectivity index (χ3v) is 5.53. The normalized spacial score (nSPS) is 18.3. The number of esters is 1. The molecule has 20 heavy (non-hydrogen) atoms. The zero-order valence-corrected chi connectivity index (χ0v) is 13.5. The van der Waals surface area contributed by atoms with Crippen molar-refractivity contribution in [1.29, 1.82) is 0 Å². The maximum atomic E-state index is 12.1. The summed E-state index contributed by atoms with van der Waals surface area (Å²) in [6.45, 7) is 0.643. The Morgan fingerprint density at radius 1 is 1.55 bits per heavy atom. The number of methoxy groups -OCH3 is 1. The zero-order chi connectivity index (χ0) is 14.5. The Bertz CT molecular complexity index is 492. The fraction of sp³-hybridized carbons (Fsp3) is 0.538. The van der Waals surface area contributed by atoms with Crippen molar-refractivity contribution >= 4 is 46.6 Å². The van der Waals surface area contributed by atoms with Gasteiger partial charge in [0.1, 0.15) is 6.04 Å². The topological polar surface area (TPSA) is 46.6 Å². The van der Waals surface area contributed by atoms with Gasteiger partial charge in [0, 0.05) is 17.2 Å². The fourth-order valence-corrected chi connectivity index (χ4v) is 4.31. The Balaban J connectivity index is 1.80. The summed E-state index contributed by atoms with van der Waals surface area (Å²) in [6.07, 6.45) is 1.56. The molecule has 7 heteroatoms. The molecule has 1 saturated heterocycles. The molecule has 0 radical (unpaired) electrons. The van der Waals surface area contributed by atoms with Crippen LogP contribution in [0, 0.1) is 0 Å². The Labute approximate surface area is 131 Å². The van der Waals surface area contributed by atoms with Crippen molar-refractivity contribution in [2.24, 2.45) is 0 Å². The Hall–Kier alpha value is -0.720. The lowest BCUT2D eigenvalue weighted by molar-refractivity contribution is -0.150. The van der Waals surface area contributed by atoms with Gasteiger partial charge in [-0.05, 0) is 25.0 Å². The molecule has 0 spiro atoms. The number of amides is 1. The maximum absolute atomic E-state index is 12.1. The monoisotopic (exact) mass is 333 g/mol. The number of carbonyl (C=O) groups is 2. The largest absolute Gasteiger partial charge is 0.467 e. The maximum Gasteiger partial charge on any atom is 0.328 e. The second-order valence-electron chi connectivity index (χ2n) is 4.47. The van der Waals surface area contributed by atoms with E-state index in [1.165, 1.54) is 18.4 Å². The van der Waals surface area contributed by atoms with E-state index in [1.807, 2.05) is 12.1 Å². The predicted molar refractivity (Wildman–Crippen MR) is 82.2 cm³/mol. The van der Waals surface area contributed by atoms with E-state index >= 15 is 0 Å². The molecule has 1 aliphatic rings. The molecular formula is C13H16ClNO3S2. The summed E-state index contributed by atoms with van der Waals surface area (Å²) in [5.74, 6) is 0.833. The number of ether oxygens (including phenoxy) is 1. The average Bonchev–Trinajstić information content (AvgIpc) is 3.06. The van der Waals surface area contributed by atoms with Crippen LogP contribution in [0.5, 0.6) is 0 Å². The minimum atomic E-state index is -0.399. The number of hydrogen-bond acceptors (Lipinski definition) is 5. The van der Waals surface area contributed by atoms with Crippen molar-refractivity contribution in [3.8, 4) is 0 Å². The quantitative estimate of drug-likeness (QED) is 0.777. The van der Waals surface area contributed by atoms with Crippen LogP contribution in [0.15, 0.2) is 12.1 Å². The van der Waals surface area contributed by atoms with Gasteiger partial charge in [-0.15, -0.1) is 23.1 Å². The van der Waals surface area contributed by atoms with Crippen LogP contribution in [0.1, 0.15) is 17.7 Å². The third kappa shape index (κ3) is 3.90. The predicted octanol–water partition coefficient (Wildman–Crippen LogP) is 2.80. The van der Waals surface area contributed by atoms with E-state index in [-0.39, 0.29) is 11.9 Å². The number of nitrogens with zero attached hydrogens (tertiary/aromatic N) is 1. The third-order valence-electron chi connectivity index (χ3n) is 3.15. The van der Waals surface area contributed by atoms with Crippen LogP contribution in [-0.4, -0.2) is 42.2 Å². The van der Waals surface area contributed by atoms with Crippen LogP contribution in [0.25, 0.3) is 0 Å². The molecule has 4 nitrogen and oxygen atoms in total. The summed E-state index contributed by atoms with van der Waals surface area (Å²) >= 11 is 8.93. The molecule has 0 bridgehead atoms. The van der Waals surface area contributed by atoms with E-state index in [4.69, 9.17) is 16.3 Å². The van der Waals surface area contributed by atoms with Crippen molar-refractivity contribution in [3.63, 3.8) is 0 Å². The van der Waals surface area contributed by atoms with Crippen molar-refractivity contribution in [2.45, 2.75) is 24.6 Å². The van der Waals surface area contributed by atoms with Gasteiger partial charge in [0.2, 0.25) is 5.91 Å². The first kappa shape index (κ1) is 15.7. The molecule has 1 fully saturated rings. The van der Waals surface area contributed by atoms with E-state index in [9.17, 15) is 9.59 Å². The second kappa shape index (κ2) is 7.33. The van der Waals surface area contributed by atoms with Crippen molar-refractivity contribution in [3.05, 3.63) is 21.3 Å². The molecule has 0 saturated carbocycles. The van der Waals surface area contributed by atoms with Crippen LogP contribution in [0.3, 0.4) is 0 Å². The molecule has 1 amide bonds. The highest BCUT2D eigenvalue weighted by atomic mass is 35.5. The van der Waals surface area contributed by atoms with Crippen LogP contribution in [0.2, 0.25) is 4.34 Å². The summed E-state index contributed by atoms with van der Waals surface area (Å²) in [5, 5.41) is 0. The summed E-state index contributed by atoms with van der Waals surface area (Å²) in [5.41, 5.74) is 0. The van der Waals surface area contributed by atoms with Gasteiger partial charge in [0.15, 0.2) is 0 Å². The van der Waals surface area contributed by atoms with Gasteiger partial charge in [-0.1, -0.05) is 11.6 Å². The number of carbonyl (C=O) groups excluding carboxylic acids is 2. The van der Waals surface area contributed by atoms with E-state index < -0.39 is 6.04 Å². The smallest absolute Gasteiger partial charge is 0.328 e. The lowest BCUT2D eigenvalue weighted by Crippen LogP contribution is -2.42. The first-order valence-corrected chi connectivity index (χ1v) is 8.66. The van der Waals surface area contributed by atoms with Crippen LogP contribution in [0.4, 0.5) is 0 Å². The molecule has 2 rings (SSSR count). The number of hydrogen-bond donors (Lipinski definition) is 0. The summed E-state index contributed by atoms with van der Waals surface area (Å²) in [7, 11) is 1.36. The van der Waals surface area contributed by atoms with E-state index in [1.54, 1.807) is 16.7 Å². The molecule has 1 unspecified atom stereocenters. The van der Waals surface area contributed by atoms with Crippen molar-refractivity contribution in [1.82, 2.24) is 4.90 Å². The standard InChI is InChI=1S/C13H16ClNO3S2/c1-18-13(17)10-3-2-6-15(10)12(16)8-19-7-9-4-5-11(14)20-9/h4-5,10H,2-3,6-8H2,1H3. The molecule has 1 aromatic rings. The van der Waals surface area contributed by atoms with Gasteiger partial charge in [0.25, 0.3) is 0 Å². The van der Waals surface area contributed by atoms with Gasteiger partial charge < -0.3 is 9.64 Å². The van der Waals surface area contributed by atoms with Gasteiger partial charge in [-0.3, -0.25) is 4.79 Å². The molecule has 0 aromatic carbocycles. The first-order chi connectivity index (χ1) is 9.61. The summed E-state index contributed by atoms with van der Waals surface area (Å²) < 4.78 is 5.50. The first-order valence-electron chi connectivity index (χ1n) is 6.31. The zero-order valence-electron chi connectivity index (χ0n) is 11.1. The van der Waals surface area contributed by atoms with Gasteiger partial charge >= 0.3 is 5.97 Å². The number of likely N-dealkylation sites (tertiary alicyclic amines) is 1. The lowest BCUT2D eigenvalue weighted by atomic mass is 10.2. The molecule has 0 aliphatic carbocycles. The Morgan fingerprint density at radius 3 is 3.00 bits per heavy atom. The molecule has 1 atom stereocenters. The molecule has 1 aromatic heterocycles. The van der Waals surface area contributed by atoms with Gasteiger partial charge in [0.05, 0.1) is 17.2 Å². The highest BCUT2D eigenvalue weighted by molar-refractivity contribution is 7.99. The molecular weight excluding hydrogens is 318 g/mol. The number of halogens is 1. The molecule has 2 heterocycles. The second-order valence-corrected chi connectivity index (χ2v) is 7.25. The van der Waals surface area contributed by atoms with Crippen molar-refractivity contribution in [2.75, 3.05) is 19.4 Å². The Kier molecular flexibility index (Phi) is 5.74. The van der Waals surface area contributed by atoms with Crippen LogP contribution >= 0.6 is 34.7 Å². The van der Waals surface area contributed by atoms with E-state index in [2.05, 4.69) is 0 Å². The van der Waals surface area contributed by atoms with Crippen molar-refractivity contribution < 1.29 is 14.3 Å². The fourth-order valence-electron chi connectivity index (χ4n) is 2.20. The van der Waals surface area contributed by atoms with E-state index in [0.717, 1.165) is 21.4 Å². The summed E-state index contributed by atoms with van der Waals surface area (Å²) in [4.78, 5) is 26.5. The Morgan fingerprint density at radius 2 is 2.35 bits per heavy atom. The average molecular weight is 334 g/mol. The van der Waals surface area contributed by atoms with E-state index in [0.29, 0.717) is 18.7 Å². The molecule has 1 aliphatic heterocycles. The van der Waals surface area contributed by atoms with Crippen LogP contribution < -0.4 is 0 Å². The van der Waals surface area contributed by atoms with Gasteiger partial charge in [-0.25, -0.2) is 4.79 Å². The number of rotatable bonds is 5. The summed E-state index contributed by atoms with van der Waals surface area (Å²) in [6, 6.07) is 3.43. The van der Waals surface area contributed by atoms with Crippen LogP contribution in [-0.2, 0) is 20.1 Å². The van der Waals surface area contributed by atoms with Gasteiger partial charge in [-0.2, -0.15) is 0 Å². The highest BCUT2D eigenvalue weighted by Crippen LogP contribution is 2.26. The SMILES string of the molecule is COC(=O)C1CCCN1C(=O)CSCc1ccc(Cl)s1.